The molecule has 2 N–H and O–H groups in total. The van der Waals surface area contributed by atoms with Gasteiger partial charge in [0, 0.05) is 61.8 Å². The zero-order valence-electron chi connectivity index (χ0n) is 34.8. The smallest absolute Gasteiger partial charge is 0.343 e. The molecule has 2 aromatic carbocycles. The Morgan fingerprint density at radius 2 is 1.32 bits per heavy atom. The number of nitrogens with one attached hydrogen (secondary N) is 1. The number of piperidine rings is 2. The van der Waals surface area contributed by atoms with Gasteiger partial charge < -0.3 is 38.8 Å². The van der Waals surface area contributed by atoms with Gasteiger partial charge in [-0.2, -0.15) is 0 Å². The van der Waals surface area contributed by atoms with E-state index >= 15 is 0 Å². The second kappa shape index (κ2) is 16.1. The molecule has 3 amide bonds. The molecule has 2 saturated heterocycles. The highest BCUT2D eigenvalue weighted by atomic mass is 19.1. The number of aromatic hydroxyl groups is 1. The Morgan fingerprint density at radius 3 is 1.90 bits per heavy atom. The van der Waals surface area contributed by atoms with Crippen LogP contribution in [0.1, 0.15) is 99.3 Å². The average molecular weight is 870 g/mol. The van der Waals surface area contributed by atoms with Crippen molar-refractivity contribution < 1.29 is 46.9 Å². The van der Waals surface area contributed by atoms with Gasteiger partial charge in [-0.25, -0.2) is 18.0 Å². The molecule has 6 heterocycles. The van der Waals surface area contributed by atoms with Crippen LogP contribution < -0.4 is 20.9 Å². The summed E-state index contributed by atoms with van der Waals surface area (Å²) in [5, 5.41) is 12.7. The molecule has 4 aromatic rings. The molecule has 0 radical (unpaired) electrons. The standard InChI is InChI=1S/C24H26N2O5.C22H20F3N3O4/c1-3-30-24(29)17-11-25-12-19-16-9-14(2)18(10-16)26(19)23(28)20(25)22(21(17)27)31-13-15-7-5-4-6-8-15;1-9-2-10-3-16(9)28-17(10)8-27-7-13(19(29)20(30)18(27)22(28)32)21(31)26-6-12-14(24)4-11(23)5-15(12)25/h4-8,11,14,16,18-19H,3,9-10,12-13H2,1-2H3;4-5,7,9-10,16-17,30H,2-3,6,8H2,1H3,(H,26,31)/t14-,16+,18+,19-;9-,10+,16+,17-/m00/s1. The van der Waals surface area contributed by atoms with Crippen molar-refractivity contribution in [1.29, 1.82) is 0 Å². The number of ether oxygens (including phenoxy) is 2. The molecule has 2 aliphatic carbocycles. The number of fused-ring (bicyclic) bond motifs is 12. The second-order valence-corrected chi connectivity index (χ2v) is 17.6. The molecule has 8 atom stereocenters. The lowest BCUT2D eigenvalue weighted by atomic mass is 9.91. The third-order valence-electron chi connectivity index (χ3n) is 13.9. The summed E-state index contributed by atoms with van der Waals surface area (Å²) in [7, 11) is 0. The number of benzene rings is 2. The third-order valence-corrected chi connectivity index (χ3v) is 13.9. The van der Waals surface area contributed by atoms with E-state index in [0.29, 0.717) is 48.9 Å². The maximum absolute atomic E-state index is 13.8. The summed E-state index contributed by atoms with van der Waals surface area (Å²) in [5.74, 6) is -5.04. The van der Waals surface area contributed by atoms with Crippen molar-refractivity contribution in [1.82, 2.24) is 24.3 Å². The molecular weight excluding hydrogens is 824 g/mol. The molecule has 4 bridgehead atoms. The number of hydrogen-bond donors (Lipinski definition) is 2. The third kappa shape index (κ3) is 7.05. The van der Waals surface area contributed by atoms with Crippen LogP contribution in [-0.2, 0) is 31.0 Å². The maximum Gasteiger partial charge on any atom is 0.343 e. The van der Waals surface area contributed by atoms with E-state index in [1.165, 1.54) is 17.0 Å². The largest absolute Gasteiger partial charge is 0.503 e. The molecule has 10 rings (SSSR count). The Bertz CT molecular complexity index is 2660. The van der Waals surface area contributed by atoms with E-state index in [9.17, 15) is 47.0 Å². The van der Waals surface area contributed by atoms with Crippen LogP contribution >= 0.6 is 0 Å². The summed E-state index contributed by atoms with van der Waals surface area (Å²) in [6.07, 6.45) is 6.66. The first-order valence-corrected chi connectivity index (χ1v) is 21.3. The average Bonchev–Trinajstić information content (AvgIpc) is 4.02. The van der Waals surface area contributed by atoms with E-state index in [2.05, 4.69) is 19.2 Å². The molecule has 17 heteroatoms. The number of rotatable bonds is 8. The van der Waals surface area contributed by atoms with Crippen LogP contribution in [0.4, 0.5) is 13.2 Å². The molecule has 4 fully saturated rings. The van der Waals surface area contributed by atoms with Crippen LogP contribution in [0, 0.1) is 41.1 Å². The number of aromatic nitrogens is 2. The fourth-order valence-corrected chi connectivity index (χ4v) is 11.0. The summed E-state index contributed by atoms with van der Waals surface area (Å²) in [5.41, 5.74) is -1.79. The van der Waals surface area contributed by atoms with E-state index in [0.717, 1.165) is 31.2 Å². The fourth-order valence-electron chi connectivity index (χ4n) is 11.0. The Hall–Kier alpha value is -6.39. The van der Waals surface area contributed by atoms with Crippen LogP contribution in [0.3, 0.4) is 0 Å². The SMILES string of the molecule is CCOC(=O)c1cn2c(c(OCc3ccccc3)c1=O)C(=O)N1[C@@H]3C[C@@H](C[C@@H]3C)[C@@H]1C2.C[C@H]1C[C@@H]2C[C@H]1N1C(=O)c3c(O)c(=O)c(C(=O)NCc4c(F)cc(F)cc4F)cn3C[C@@H]21. The molecule has 330 valence electrons. The van der Waals surface area contributed by atoms with Crippen LogP contribution in [0.25, 0.3) is 0 Å². The van der Waals surface area contributed by atoms with Crippen molar-refractivity contribution in [3.63, 3.8) is 0 Å². The first kappa shape index (κ1) is 41.9. The Balaban J connectivity index is 0.000000160. The van der Waals surface area contributed by atoms with Crippen LogP contribution in [0.5, 0.6) is 11.5 Å². The predicted molar refractivity (Wildman–Crippen MR) is 219 cm³/mol. The number of nitrogens with zero attached hydrogens (tertiary/aromatic N) is 4. The van der Waals surface area contributed by atoms with Crippen molar-refractivity contribution in [2.75, 3.05) is 6.61 Å². The van der Waals surface area contributed by atoms with Crippen LogP contribution in [0.15, 0.2) is 64.4 Å². The first-order valence-electron chi connectivity index (χ1n) is 21.3. The van der Waals surface area contributed by atoms with Gasteiger partial charge in [0.05, 0.1) is 18.7 Å². The zero-order chi connectivity index (χ0) is 44.6. The highest BCUT2D eigenvalue weighted by Crippen LogP contribution is 2.50. The van der Waals surface area contributed by atoms with Gasteiger partial charge in [-0.3, -0.25) is 24.0 Å². The minimum Gasteiger partial charge on any atom is -0.503 e. The van der Waals surface area contributed by atoms with E-state index < -0.39 is 69.5 Å². The van der Waals surface area contributed by atoms with Crippen LogP contribution in [-0.4, -0.2) is 78.5 Å². The molecule has 2 aromatic heterocycles. The molecule has 6 aliphatic rings. The summed E-state index contributed by atoms with van der Waals surface area (Å²) < 4.78 is 54.9. The van der Waals surface area contributed by atoms with Gasteiger partial charge in [0.25, 0.3) is 17.7 Å². The van der Waals surface area contributed by atoms with Crippen molar-refractivity contribution in [2.24, 2.45) is 23.7 Å². The summed E-state index contributed by atoms with van der Waals surface area (Å²) in [4.78, 5) is 81.3. The molecule has 4 aliphatic heterocycles. The molecular formula is C46H46F3N5O9. The number of halogens is 3. The summed E-state index contributed by atoms with van der Waals surface area (Å²) in [6, 6.07) is 10.7. The van der Waals surface area contributed by atoms with E-state index in [1.807, 2.05) is 35.2 Å². The topological polar surface area (TPSA) is 169 Å². The second-order valence-electron chi connectivity index (χ2n) is 17.6. The first-order chi connectivity index (χ1) is 30.2. The highest BCUT2D eigenvalue weighted by Gasteiger charge is 2.56. The monoisotopic (exact) mass is 869 g/mol. The number of carbonyl (C=O) groups is 4. The normalized spacial score (nSPS) is 25.7. The number of hydrogen-bond acceptors (Lipinski definition) is 9. The molecule has 14 nitrogen and oxygen atoms in total. The van der Waals surface area contributed by atoms with Gasteiger partial charge in [0.1, 0.15) is 35.2 Å². The Morgan fingerprint density at radius 1 is 0.762 bits per heavy atom. The number of carbonyl (C=O) groups excluding carboxylic acids is 4. The lowest BCUT2D eigenvalue weighted by Crippen LogP contribution is -2.54. The van der Waals surface area contributed by atoms with Crippen molar-refractivity contribution >= 4 is 23.7 Å². The number of pyridine rings is 2. The lowest BCUT2D eigenvalue weighted by molar-refractivity contribution is 0.0386. The lowest BCUT2D eigenvalue weighted by Gasteiger charge is -2.43. The number of amides is 3. The maximum atomic E-state index is 13.8. The Labute approximate surface area is 359 Å². The minimum absolute atomic E-state index is 0.0618. The number of esters is 1. The zero-order valence-corrected chi connectivity index (χ0v) is 34.8. The molecule has 63 heavy (non-hydrogen) atoms. The van der Waals surface area contributed by atoms with Gasteiger partial charge in [-0.15, -0.1) is 0 Å². The van der Waals surface area contributed by atoms with E-state index in [-0.39, 0.29) is 66.0 Å². The summed E-state index contributed by atoms with van der Waals surface area (Å²) in [6.45, 7) is 6.52. The minimum atomic E-state index is -1.18. The van der Waals surface area contributed by atoms with Gasteiger partial charge in [-0.05, 0) is 61.8 Å². The molecule has 0 unspecified atom stereocenters. The van der Waals surface area contributed by atoms with Crippen LogP contribution in [0.2, 0.25) is 0 Å². The molecule has 0 spiro atoms. The van der Waals surface area contributed by atoms with Gasteiger partial charge in [0.2, 0.25) is 10.9 Å². The molecule has 2 saturated carbocycles. The Kier molecular flexibility index (Phi) is 10.7. The van der Waals surface area contributed by atoms with Crippen molar-refractivity contribution in [3.05, 3.63) is 126 Å². The van der Waals surface area contributed by atoms with Crippen molar-refractivity contribution in [3.8, 4) is 11.5 Å². The highest BCUT2D eigenvalue weighted by molar-refractivity contribution is 6.00. The van der Waals surface area contributed by atoms with Gasteiger partial charge >= 0.3 is 5.97 Å². The fraction of sp³-hybridized carbons (Fsp3) is 0.435. The summed E-state index contributed by atoms with van der Waals surface area (Å²) >= 11 is 0. The van der Waals surface area contributed by atoms with Gasteiger partial charge in [0.15, 0.2) is 22.9 Å². The van der Waals surface area contributed by atoms with E-state index in [1.54, 1.807) is 16.4 Å². The quantitative estimate of drug-likeness (QED) is 0.231. The van der Waals surface area contributed by atoms with E-state index in [4.69, 9.17) is 9.47 Å². The van der Waals surface area contributed by atoms with Crippen molar-refractivity contribution in [2.45, 2.75) is 96.9 Å². The van der Waals surface area contributed by atoms with Gasteiger partial charge in [-0.1, -0.05) is 44.2 Å². The predicted octanol–water partition coefficient (Wildman–Crippen LogP) is 5.01.